The van der Waals surface area contributed by atoms with Crippen LogP contribution in [0.25, 0.3) is 0 Å². The van der Waals surface area contributed by atoms with Gasteiger partial charge in [-0.3, -0.25) is 29.0 Å². The Morgan fingerprint density at radius 3 is 1.38 bits per heavy atom. The number of phenolic OH excluding ortho intramolecular Hbond substituents is 2. The zero-order chi connectivity index (χ0) is 35.7. The average molecular weight is 801 g/mol. The van der Waals surface area contributed by atoms with Gasteiger partial charge in [0.15, 0.2) is 0 Å². The molecule has 6 rings (SSSR count). The van der Waals surface area contributed by atoms with Crippen LogP contribution < -0.4 is 9.80 Å². The van der Waals surface area contributed by atoms with Crippen molar-refractivity contribution in [2.24, 2.45) is 23.7 Å². The van der Waals surface area contributed by atoms with Gasteiger partial charge in [0.1, 0.15) is 11.5 Å². The fourth-order valence-electron chi connectivity index (χ4n) is 7.61. The predicted molar refractivity (Wildman–Crippen MR) is 247 cm³/mol. The van der Waals surface area contributed by atoms with Crippen LogP contribution in [-0.2, 0) is 19.2 Å². The van der Waals surface area contributed by atoms with Crippen LogP contribution in [-0.4, -0.2) is 33.8 Å². The Hall–Kier alpha value is -5.24. The minimum atomic E-state index is -0.613. The Bertz CT molecular complexity index is 1870. The number of hydrogen-bond donors (Lipinski definition) is 2. The molecule has 6 unspecified atom stereocenters. The number of carbonyl (C=O) groups excluding carboxylic acids is 4. The highest BCUT2D eigenvalue weighted by molar-refractivity contribution is 6.22. The van der Waals surface area contributed by atoms with Gasteiger partial charge in [-0.15, -0.1) is 0 Å². The van der Waals surface area contributed by atoms with E-state index >= 15 is 0 Å². The van der Waals surface area contributed by atoms with Crippen molar-refractivity contribution in [3.8, 4) is 11.5 Å². The first-order chi connectivity index (χ1) is 23.9. The number of hydrogen-bond acceptors (Lipinski definition) is 6. The SMILES string of the molecule is C.C.C.C.C.C.C.C.Cc1ccc(C(C)CC2C(=O)N(c3ccc(C)cc3)C(=O)C2CCC(CC2C(=O)N(c3ccc(O)cc3)C(=O)C2C)c2ccc(O)cc2)cc1. The molecule has 322 valence electrons. The molecule has 2 heterocycles. The molecule has 8 nitrogen and oxygen atoms in total. The van der Waals surface area contributed by atoms with E-state index in [0.717, 1.165) is 22.3 Å². The average Bonchev–Trinajstić information content (AvgIpc) is 3.46. The summed E-state index contributed by atoms with van der Waals surface area (Å²) in [5, 5.41) is 19.8. The molecule has 0 bridgehead atoms. The van der Waals surface area contributed by atoms with Crippen molar-refractivity contribution in [1.29, 1.82) is 0 Å². The van der Waals surface area contributed by atoms with Crippen molar-refractivity contribution in [3.05, 3.63) is 119 Å². The first kappa shape index (κ1) is 57.1. The molecule has 4 aromatic rings. The summed E-state index contributed by atoms with van der Waals surface area (Å²) in [6.07, 6.45) is 1.77. The van der Waals surface area contributed by atoms with Crippen LogP contribution in [0.2, 0.25) is 0 Å². The molecule has 4 amide bonds. The van der Waals surface area contributed by atoms with Gasteiger partial charge in [0.25, 0.3) is 0 Å². The van der Waals surface area contributed by atoms with Crippen LogP contribution in [0.15, 0.2) is 97.1 Å². The fourth-order valence-corrected chi connectivity index (χ4v) is 7.61. The number of amides is 4. The zero-order valence-electron chi connectivity index (χ0n) is 29.0. The van der Waals surface area contributed by atoms with Gasteiger partial charge < -0.3 is 10.2 Å². The maximum absolute atomic E-state index is 14.2. The van der Waals surface area contributed by atoms with Gasteiger partial charge in [0.05, 0.1) is 29.1 Å². The van der Waals surface area contributed by atoms with Gasteiger partial charge in [0, 0.05) is 5.92 Å². The molecule has 0 aliphatic carbocycles. The van der Waals surface area contributed by atoms with Crippen molar-refractivity contribution < 1.29 is 29.4 Å². The second-order valence-electron chi connectivity index (χ2n) is 14.1. The van der Waals surface area contributed by atoms with E-state index in [0.29, 0.717) is 37.1 Å². The molecule has 2 saturated heterocycles. The van der Waals surface area contributed by atoms with Crippen molar-refractivity contribution in [1.82, 2.24) is 0 Å². The lowest BCUT2D eigenvalue weighted by molar-refractivity contribution is -0.124. The van der Waals surface area contributed by atoms with Gasteiger partial charge in [-0.05, 0) is 111 Å². The number of benzene rings is 4. The Labute approximate surface area is 352 Å². The summed E-state index contributed by atoms with van der Waals surface area (Å²) < 4.78 is 0. The molecule has 2 aliphatic heterocycles. The van der Waals surface area contributed by atoms with E-state index in [1.165, 1.54) is 21.9 Å². The summed E-state index contributed by atoms with van der Waals surface area (Å²) in [6.45, 7) is 7.86. The van der Waals surface area contributed by atoms with E-state index < -0.39 is 23.7 Å². The molecular weight excluding hydrogens is 725 g/mol. The predicted octanol–water partition coefficient (Wildman–Crippen LogP) is 12.9. The summed E-state index contributed by atoms with van der Waals surface area (Å²) in [4.78, 5) is 58.2. The molecule has 2 N–H and O–H groups in total. The molecule has 58 heavy (non-hydrogen) atoms. The quantitative estimate of drug-likeness (QED) is 0.146. The summed E-state index contributed by atoms with van der Waals surface area (Å²) in [6, 6.07) is 28.6. The molecule has 0 aromatic heterocycles. The highest BCUT2D eigenvalue weighted by Crippen LogP contribution is 2.43. The lowest BCUT2D eigenvalue weighted by atomic mass is 9.77. The van der Waals surface area contributed by atoms with Crippen molar-refractivity contribution in [2.75, 3.05) is 9.80 Å². The van der Waals surface area contributed by atoms with Crippen molar-refractivity contribution >= 4 is 35.0 Å². The van der Waals surface area contributed by atoms with Gasteiger partial charge in [-0.25, -0.2) is 0 Å². The van der Waals surface area contributed by atoms with E-state index in [1.54, 1.807) is 31.2 Å². The third-order valence-corrected chi connectivity index (χ3v) is 10.7. The highest BCUT2D eigenvalue weighted by Gasteiger charge is 2.49. The van der Waals surface area contributed by atoms with Crippen molar-refractivity contribution in [2.45, 2.75) is 125 Å². The Balaban J connectivity index is -0.00000378. The first-order valence-electron chi connectivity index (χ1n) is 17.4. The van der Waals surface area contributed by atoms with Crippen molar-refractivity contribution in [3.63, 3.8) is 0 Å². The van der Waals surface area contributed by atoms with Crippen LogP contribution in [0.5, 0.6) is 11.5 Å². The number of aromatic hydroxyl groups is 2. The van der Waals surface area contributed by atoms with E-state index in [-0.39, 0.29) is 106 Å². The fraction of sp³-hybridized carbons (Fsp3) is 0.440. The van der Waals surface area contributed by atoms with E-state index in [2.05, 4.69) is 31.2 Å². The number of anilines is 2. The third kappa shape index (κ3) is 11.7. The molecule has 6 atom stereocenters. The van der Waals surface area contributed by atoms with Crippen LogP contribution in [0, 0.1) is 37.5 Å². The standard InChI is InChI=1S/C42H44N2O6.8CH4/c1-25-5-9-29(10-6-25)27(3)23-38-36(40(48)44(42(38)50)32-14-7-26(2)8-15-32)22-13-31(30-11-18-34(45)19-12-30)24-37-28(4)39(47)43(41(37)49)33-16-20-35(46)21-17-33;;;;;;;;/h5-12,14-21,27-28,31,36-38,45-46H,13,22-24H2,1-4H3;8*1H4. The number of rotatable bonds is 11. The number of imide groups is 2. The molecule has 4 aromatic carbocycles. The van der Waals surface area contributed by atoms with Crippen LogP contribution >= 0.6 is 0 Å². The second kappa shape index (κ2) is 23.9. The van der Waals surface area contributed by atoms with Crippen LogP contribution in [0.4, 0.5) is 11.4 Å². The molecule has 0 saturated carbocycles. The van der Waals surface area contributed by atoms with Crippen LogP contribution in [0.3, 0.4) is 0 Å². The largest absolute Gasteiger partial charge is 0.508 e. The summed E-state index contributed by atoms with van der Waals surface area (Å²) >= 11 is 0. The summed E-state index contributed by atoms with van der Waals surface area (Å²) in [5.74, 6) is -3.34. The third-order valence-electron chi connectivity index (χ3n) is 10.7. The second-order valence-corrected chi connectivity index (χ2v) is 14.1. The Kier molecular flexibility index (Phi) is 23.5. The van der Waals surface area contributed by atoms with Gasteiger partial charge in [-0.1, -0.05) is 133 Å². The molecule has 2 aliphatic rings. The number of nitrogens with zero attached hydrogens (tertiary/aromatic N) is 2. The van der Waals surface area contributed by atoms with Gasteiger partial charge in [0.2, 0.25) is 23.6 Å². The summed E-state index contributed by atoms with van der Waals surface area (Å²) in [5.41, 5.74) is 5.15. The zero-order valence-corrected chi connectivity index (χ0v) is 29.0. The van der Waals surface area contributed by atoms with E-state index in [4.69, 9.17) is 0 Å². The maximum Gasteiger partial charge on any atom is 0.237 e. The number of aryl methyl sites for hydroxylation is 2. The number of carbonyl (C=O) groups is 4. The summed E-state index contributed by atoms with van der Waals surface area (Å²) in [7, 11) is 0. The molecule has 0 spiro atoms. The molecule has 2 fully saturated rings. The molecule has 8 heteroatoms. The van der Waals surface area contributed by atoms with E-state index in [1.807, 2.05) is 50.2 Å². The maximum atomic E-state index is 14.2. The lowest BCUT2D eigenvalue weighted by Gasteiger charge is -2.25. The Morgan fingerprint density at radius 1 is 0.500 bits per heavy atom. The van der Waals surface area contributed by atoms with Crippen LogP contribution in [0.1, 0.15) is 133 Å². The molecule has 0 radical (unpaired) electrons. The van der Waals surface area contributed by atoms with Gasteiger partial charge in [-0.2, -0.15) is 0 Å². The number of phenols is 2. The lowest BCUT2D eigenvalue weighted by Crippen LogP contribution is -2.31. The van der Waals surface area contributed by atoms with Gasteiger partial charge >= 0.3 is 0 Å². The smallest absolute Gasteiger partial charge is 0.237 e. The Morgan fingerprint density at radius 2 is 0.879 bits per heavy atom. The molecular formula is C50H76N2O6. The minimum Gasteiger partial charge on any atom is -0.508 e. The monoisotopic (exact) mass is 801 g/mol. The highest BCUT2D eigenvalue weighted by atomic mass is 16.3. The normalized spacial score (nSPS) is 19.0. The van der Waals surface area contributed by atoms with E-state index in [9.17, 15) is 29.4 Å². The first-order valence-corrected chi connectivity index (χ1v) is 17.4. The topological polar surface area (TPSA) is 115 Å². The minimum absolute atomic E-state index is 0.